The van der Waals surface area contributed by atoms with Crippen LogP contribution in [-0.4, -0.2) is 56.3 Å². The molecule has 1 fully saturated rings. The van der Waals surface area contributed by atoms with Crippen molar-refractivity contribution in [1.82, 2.24) is 4.90 Å². The third kappa shape index (κ3) is 5.30. The summed E-state index contributed by atoms with van der Waals surface area (Å²) in [5.74, 6) is -0.123. The van der Waals surface area contributed by atoms with Gasteiger partial charge < -0.3 is 10.4 Å². The van der Waals surface area contributed by atoms with E-state index < -0.39 is 9.84 Å². The zero-order chi connectivity index (χ0) is 16.9. The van der Waals surface area contributed by atoms with Crippen LogP contribution in [0.5, 0.6) is 0 Å². The number of aliphatic hydroxyl groups excluding tert-OH is 1. The first kappa shape index (κ1) is 17.9. The van der Waals surface area contributed by atoms with Crippen molar-refractivity contribution in [2.24, 2.45) is 0 Å². The Labute approximate surface area is 137 Å². The molecule has 1 aliphatic rings. The van der Waals surface area contributed by atoms with Crippen LogP contribution in [0.25, 0.3) is 0 Å². The standard InChI is InChI=1S/C16H24N2O4S/c1-23(21,22)15-7-5-13(6-8-15)17-16(20)12-18-10-3-2-4-14(18)9-11-19/h5-8,14,19H,2-4,9-12H2,1H3,(H,17,20)/t14-/m0/s1. The Kier molecular flexibility index (Phi) is 6.15. The van der Waals surface area contributed by atoms with Gasteiger partial charge in [-0.05, 0) is 50.1 Å². The van der Waals surface area contributed by atoms with Gasteiger partial charge in [-0.25, -0.2) is 8.42 Å². The lowest BCUT2D eigenvalue weighted by molar-refractivity contribution is -0.118. The molecule has 1 amide bonds. The number of amides is 1. The average Bonchev–Trinajstić information content (AvgIpc) is 2.49. The minimum Gasteiger partial charge on any atom is -0.396 e. The Morgan fingerprint density at radius 2 is 2.00 bits per heavy atom. The van der Waals surface area contributed by atoms with Crippen LogP contribution in [0.3, 0.4) is 0 Å². The first-order chi connectivity index (χ1) is 10.9. The number of nitrogens with zero attached hydrogens (tertiary/aromatic N) is 1. The summed E-state index contributed by atoms with van der Waals surface area (Å²) < 4.78 is 22.8. The number of piperidine rings is 1. The second-order valence-corrected chi connectivity index (χ2v) is 7.99. The van der Waals surface area contributed by atoms with Crippen molar-refractivity contribution in [3.05, 3.63) is 24.3 Å². The minimum atomic E-state index is -3.23. The number of aliphatic hydroxyl groups is 1. The summed E-state index contributed by atoms with van der Waals surface area (Å²) in [4.78, 5) is 14.5. The van der Waals surface area contributed by atoms with Gasteiger partial charge in [-0.2, -0.15) is 0 Å². The zero-order valence-corrected chi connectivity index (χ0v) is 14.2. The van der Waals surface area contributed by atoms with Crippen LogP contribution in [0.4, 0.5) is 5.69 Å². The summed E-state index contributed by atoms with van der Waals surface area (Å²) in [5, 5.41) is 11.9. The number of carbonyl (C=O) groups excluding carboxylic acids is 1. The van der Waals surface area contributed by atoms with Crippen molar-refractivity contribution >= 4 is 21.4 Å². The van der Waals surface area contributed by atoms with E-state index >= 15 is 0 Å². The Hall–Kier alpha value is -1.44. The monoisotopic (exact) mass is 340 g/mol. The fourth-order valence-corrected chi connectivity index (χ4v) is 3.55. The van der Waals surface area contributed by atoms with Gasteiger partial charge in [-0.15, -0.1) is 0 Å². The summed E-state index contributed by atoms with van der Waals surface area (Å²) in [6.07, 6.45) is 5.06. The largest absolute Gasteiger partial charge is 0.396 e. The van der Waals surface area contributed by atoms with Crippen molar-refractivity contribution in [1.29, 1.82) is 0 Å². The van der Waals surface area contributed by atoms with Crippen molar-refractivity contribution in [2.75, 3.05) is 31.3 Å². The molecule has 2 rings (SSSR count). The number of carbonyl (C=O) groups is 1. The molecule has 2 N–H and O–H groups in total. The molecule has 1 aromatic rings. The highest BCUT2D eigenvalue weighted by Crippen LogP contribution is 2.19. The van der Waals surface area contributed by atoms with Crippen LogP contribution in [0.1, 0.15) is 25.7 Å². The Morgan fingerprint density at radius 1 is 1.30 bits per heavy atom. The van der Waals surface area contributed by atoms with E-state index in [4.69, 9.17) is 5.11 Å². The van der Waals surface area contributed by atoms with Crippen LogP contribution < -0.4 is 5.32 Å². The van der Waals surface area contributed by atoms with Crippen molar-refractivity contribution < 1.29 is 18.3 Å². The van der Waals surface area contributed by atoms with Gasteiger partial charge in [-0.3, -0.25) is 9.69 Å². The van der Waals surface area contributed by atoms with E-state index in [0.29, 0.717) is 18.7 Å². The molecule has 0 unspecified atom stereocenters. The molecule has 0 saturated carbocycles. The summed E-state index contributed by atoms with van der Waals surface area (Å²) in [6.45, 7) is 1.29. The SMILES string of the molecule is CS(=O)(=O)c1ccc(NC(=O)CN2CCCC[C@H]2CCO)cc1. The topological polar surface area (TPSA) is 86.7 Å². The normalized spacial score (nSPS) is 19.5. The molecule has 0 bridgehead atoms. The van der Waals surface area contributed by atoms with E-state index in [0.717, 1.165) is 32.1 Å². The number of rotatable bonds is 6. The molecule has 6 nitrogen and oxygen atoms in total. The minimum absolute atomic E-state index is 0.123. The number of nitrogens with one attached hydrogen (secondary N) is 1. The van der Waals surface area contributed by atoms with Gasteiger partial charge in [0.25, 0.3) is 0 Å². The number of benzene rings is 1. The van der Waals surface area contributed by atoms with E-state index in [2.05, 4.69) is 10.2 Å². The van der Waals surface area contributed by atoms with Gasteiger partial charge in [-0.1, -0.05) is 6.42 Å². The predicted octanol–water partition coefficient (Wildman–Crippen LogP) is 1.27. The molecule has 128 valence electrons. The number of sulfone groups is 1. The number of hydrogen-bond acceptors (Lipinski definition) is 5. The van der Waals surface area contributed by atoms with Gasteiger partial charge in [0.2, 0.25) is 5.91 Å². The van der Waals surface area contributed by atoms with E-state index in [1.54, 1.807) is 12.1 Å². The molecule has 0 radical (unpaired) electrons. The van der Waals surface area contributed by atoms with E-state index in [-0.39, 0.29) is 23.5 Å². The molecular weight excluding hydrogens is 316 g/mol. The molecule has 0 aliphatic carbocycles. The molecule has 7 heteroatoms. The third-order valence-electron chi connectivity index (χ3n) is 4.12. The first-order valence-corrected chi connectivity index (χ1v) is 9.74. The highest BCUT2D eigenvalue weighted by molar-refractivity contribution is 7.90. The number of hydrogen-bond donors (Lipinski definition) is 2. The van der Waals surface area contributed by atoms with E-state index in [9.17, 15) is 13.2 Å². The predicted molar refractivity (Wildman–Crippen MR) is 89.1 cm³/mol. The second kappa shape index (κ2) is 7.90. The number of likely N-dealkylation sites (tertiary alicyclic amines) is 1. The van der Waals surface area contributed by atoms with Crippen LogP contribution in [0.2, 0.25) is 0 Å². The van der Waals surface area contributed by atoms with Gasteiger partial charge >= 0.3 is 0 Å². The third-order valence-corrected chi connectivity index (χ3v) is 5.25. The highest BCUT2D eigenvalue weighted by Gasteiger charge is 2.23. The van der Waals surface area contributed by atoms with E-state index in [1.807, 2.05) is 0 Å². The fraction of sp³-hybridized carbons (Fsp3) is 0.562. The summed E-state index contributed by atoms with van der Waals surface area (Å²) in [6, 6.07) is 6.42. The molecule has 1 saturated heterocycles. The highest BCUT2D eigenvalue weighted by atomic mass is 32.2. The molecule has 23 heavy (non-hydrogen) atoms. The summed E-state index contributed by atoms with van der Waals surface area (Å²) >= 11 is 0. The molecule has 1 heterocycles. The van der Waals surface area contributed by atoms with Gasteiger partial charge in [0.1, 0.15) is 0 Å². The van der Waals surface area contributed by atoms with Crippen LogP contribution in [0, 0.1) is 0 Å². The maximum absolute atomic E-state index is 12.2. The summed E-state index contributed by atoms with van der Waals surface area (Å²) in [7, 11) is -3.23. The molecule has 0 spiro atoms. The lowest BCUT2D eigenvalue weighted by Gasteiger charge is -2.34. The zero-order valence-electron chi connectivity index (χ0n) is 13.4. The van der Waals surface area contributed by atoms with Gasteiger partial charge in [0.15, 0.2) is 9.84 Å². The maximum Gasteiger partial charge on any atom is 0.238 e. The van der Waals surface area contributed by atoms with Crippen molar-refractivity contribution in [3.8, 4) is 0 Å². The lowest BCUT2D eigenvalue weighted by atomic mass is 10.00. The molecule has 1 aromatic carbocycles. The van der Waals surface area contributed by atoms with Crippen LogP contribution in [-0.2, 0) is 14.6 Å². The van der Waals surface area contributed by atoms with Gasteiger partial charge in [0.05, 0.1) is 11.4 Å². The van der Waals surface area contributed by atoms with Crippen LogP contribution in [0.15, 0.2) is 29.2 Å². The lowest BCUT2D eigenvalue weighted by Crippen LogP contribution is -2.44. The van der Waals surface area contributed by atoms with E-state index in [1.165, 1.54) is 12.1 Å². The van der Waals surface area contributed by atoms with Crippen LogP contribution >= 0.6 is 0 Å². The summed E-state index contributed by atoms with van der Waals surface area (Å²) in [5.41, 5.74) is 0.582. The molecule has 0 aromatic heterocycles. The Morgan fingerprint density at radius 3 is 2.61 bits per heavy atom. The second-order valence-electron chi connectivity index (χ2n) is 5.98. The van der Waals surface area contributed by atoms with Crippen molar-refractivity contribution in [2.45, 2.75) is 36.6 Å². The maximum atomic E-state index is 12.2. The average molecular weight is 340 g/mol. The fourth-order valence-electron chi connectivity index (χ4n) is 2.91. The quantitative estimate of drug-likeness (QED) is 0.814. The molecule has 1 atom stereocenters. The Bertz CT molecular complexity index is 626. The smallest absolute Gasteiger partial charge is 0.238 e. The molecule has 1 aliphatic heterocycles. The van der Waals surface area contributed by atoms with Crippen molar-refractivity contribution in [3.63, 3.8) is 0 Å². The Balaban J connectivity index is 1.93. The van der Waals surface area contributed by atoms with Gasteiger partial charge in [0, 0.05) is 24.6 Å². The first-order valence-electron chi connectivity index (χ1n) is 7.85. The molecular formula is C16H24N2O4S. The number of anilines is 1.